The van der Waals surface area contributed by atoms with Gasteiger partial charge in [-0.3, -0.25) is 0 Å². The summed E-state index contributed by atoms with van der Waals surface area (Å²) in [4.78, 5) is 0. The molecule has 42 valence electrons. The molecule has 0 bridgehead atoms. The highest BCUT2D eigenvalue weighted by molar-refractivity contribution is 6.28. The van der Waals surface area contributed by atoms with Gasteiger partial charge in [-0.15, -0.1) is 0 Å². The van der Waals surface area contributed by atoms with E-state index in [0.29, 0.717) is 0 Å². The van der Waals surface area contributed by atoms with Crippen molar-refractivity contribution in [1.29, 1.82) is 0 Å². The second-order valence-electron chi connectivity index (χ2n) is 1.13. The van der Waals surface area contributed by atoms with E-state index in [2.05, 4.69) is 0 Å². The van der Waals surface area contributed by atoms with Crippen LogP contribution in [0.5, 0.6) is 0 Å². The molecule has 3 nitrogen and oxygen atoms in total. The van der Waals surface area contributed by atoms with Crippen molar-refractivity contribution < 1.29 is 0 Å². The Kier molecular flexibility index (Phi) is 2.75. The van der Waals surface area contributed by atoms with Crippen LogP contribution in [0, 0.1) is 0 Å². The van der Waals surface area contributed by atoms with E-state index in [-0.39, 0.29) is 5.16 Å². The molecule has 0 spiro atoms. The number of hydrogen-bond donors (Lipinski definition) is 3. The standard InChI is InChI=1S/C3H8ClN3/c4-2(5)1-3(6)7/h1,3H,5-7H2/b2-1-. The van der Waals surface area contributed by atoms with E-state index in [1.165, 1.54) is 6.08 Å². The van der Waals surface area contributed by atoms with Crippen LogP contribution in [0.15, 0.2) is 11.2 Å². The molecular formula is C3H8ClN3. The van der Waals surface area contributed by atoms with Crippen molar-refractivity contribution in [3.63, 3.8) is 0 Å². The molecule has 0 atom stereocenters. The summed E-state index contributed by atoms with van der Waals surface area (Å²) in [5.41, 5.74) is 15.0. The predicted octanol–water partition coefficient (Wildman–Crippen LogP) is -0.731. The topological polar surface area (TPSA) is 78.1 Å². The molecular weight excluding hydrogens is 114 g/mol. The van der Waals surface area contributed by atoms with E-state index in [1.54, 1.807) is 0 Å². The number of rotatable bonds is 1. The van der Waals surface area contributed by atoms with E-state index in [0.717, 1.165) is 0 Å². The van der Waals surface area contributed by atoms with Gasteiger partial charge in [0.15, 0.2) is 0 Å². The lowest BCUT2D eigenvalue weighted by atomic mass is 10.5. The Bertz CT molecular complexity index is 74.2. The lowest BCUT2D eigenvalue weighted by molar-refractivity contribution is 0.871. The smallest absolute Gasteiger partial charge is 0.0980 e. The highest BCUT2D eigenvalue weighted by Gasteiger charge is 1.84. The van der Waals surface area contributed by atoms with E-state index < -0.39 is 6.17 Å². The van der Waals surface area contributed by atoms with Crippen molar-refractivity contribution in [2.24, 2.45) is 17.2 Å². The maximum absolute atomic E-state index is 5.15. The van der Waals surface area contributed by atoms with Gasteiger partial charge in [0, 0.05) is 0 Å². The zero-order valence-corrected chi connectivity index (χ0v) is 4.52. The molecule has 0 saturated carbocycles. The second-order valence-corrected chi connectivity index (χ2v) is 1.57. The Morgan fingerprint density at radius 1 is 1.57 bits per heavy atom. The molecule has 4 heteroatoms. The molecule has 7 heavy (non-hydrogen) atoms. The van der Waals surface area contributed by atoms with Crippen molar-refractivity contribution in [3.05, 3.63) is 11.2 Å². The maximum Gasteiger partial charge on any atom is 0.0980 e. The van der Waals surface area contributed by atoms with Gasteiger partial charge in [0.25, 0.3) is 0 Å². The maximum atomic E-state index is 5.15. The third kappa shape index (κ3) is 5.75. The fraction of sp³-hybridized carbons (Fsp3) is 0.333. The Morgan fingerprint density at radius 2 is 2.00 bits per heavy atom. The minimum atomic E-state index is -0.544. The van der Waals surface area contributed by atoms with E-state index >= 15 is 0 Å². The lowest BCUT2D eigenvalue weighted by Gasteiger charge is -1.93. The monoisotopic (exact) mass is 121 g/mol. The molecule has 0 aliphatic rings. The number of nitrogens with two attached hydrogens (primary N) is 3. The minimum absolute atomic E-state index is 0.134. The van der Waals surface area contributed by atoms with Gasteiger partial charge < -0.3 is 17.2 Å². The quantitative estimate of drug-likeness (QED) is 0.316. The molecule has 0 aromatic rings. The molecule has 0 unspecified atom stereocenters. The molecule has 0 radical (unpaired) electrons. The summed E-state index contributed by atoms with van der Waals surface area (Å²) >= 11 is 5.15. The van der Waals surface area contributed by atoms with Crippen LogP contribution in [0.25, 0.3) is 0 Å². The number of hydrogen-bond acceptors (Lipinski definition) is 3. The summed E-state index contributed by atoms with van der Waals surface area (Å²) in [5, 5.41) is 0.134. The zero-order valence-electron chi connectivity index (χ0n) is 3.76. The normalized spacial score (nSPS) is 12.9. The first-order chi connectivity index (χ1) is 3.13. The van der Waals surface area contributed by atoms with Crippen LogP contribution in [0.2, 0.25) is 0 Å². The first-order valence-corrected chi connectivity index (χ1v) is 2.14. The van der Waals surface area contributed by atoms with Crippen LogP contribution >= 0.6 is 11.6 Å². The fourth-order valence-corrected chi connectivity index (χ4v) is 0.329. The lowest BCUT2D eigenvalue weighted by Crippen LogP contribution is -2.28. The molecule has 0 aliphatic carbocycles. The van der Waals surface area contributed by atoms with Gasteiger partial charge in [0.1, 0.15) is 0 Å². The Balaban J connectivity index is 3.45. The largest absolute Gasteiger partial charge is 0.390 e. The van der Waals surface area contributed by atoms with Crippen molar-refractivity contribution in [2.45, 2.75) is 6.17 Å². The molecule has 0 amide bonds. The van der Waals surface area contributed by atoms with Crippen LogP contribution in [0.3, 0.4) is 0 Å². The summed E-state index contributed by atoms with van der Waals surface area (Å²) in [6, 6.07) is 0. The average Bonchev–Trinajstić information content (AvgIpc) is 1.27. The van der Waals surface area contributed by atoms with Crippen molar-refractivity contribution in [3.8, 4) is 0 Å². The summed E-state index contributed by atoms with van der Waals surface area (Å²) in [6.07, 6.45) is 0.805. The van der Waals surface area contributed by atoms with Gasteiger partial charge in [0.05, 0.1) is 11.3 Å². The molecule has 0 heterocycles. The highest BCUT2D eigenvalue weighted by Crippen LogP contribution is 1.87. The molecule has 0 rings (SSSR count). The van der Waals surface area contributed by atoms with Crippen LogP contribution in [0.1, 0.15) is 0 Å². The summed E-state index contributed by atoms with van der Waals surface area (Å²) in [7, 11) is 0. The Labute approximate surface area is 47.1 Å². The molecule has 0 aromatic heterocycles. The number of halogens is 1. The van der Waals surface area contributed by atoms with Gasteiger partial charge in [-0.2, -0.15) is 0 Å². The van der Waals surface area contributed by atoms with Crippen LogP contribution < -0.4 is 17.2 Å². The van der Waals surface area contributed by atoms with Gasteiger partial charge in [-0.1, -0.05) is 11.6 Å². The highest BCUT2D eigenvalue weighted by atomic mass is 35.5. The predicted molar refractivity (Wildman–Crippen MR) is 30.3 cm³/mol. The van der Waals surface area contributed by atoms with Crippen LogP contribution in [-0.2, 0) is 0 Å². The average molecular weight is 122 g/mol. The Hall–Kier alpha value is -0.250. The van der Waals surface area contributed by atoms with E-state index in [1.807, 2.05) is 0 Å². The molecule has 0 aliphatic heterocycles. The van der Waals surface area contributed by atoms with E-state index in [9.17, 15) is 0 Å². The van der Waals surface area contributed by atoms with Gasteiger partial charge in [-0.05, 0) is 6.08 Å². The second kappa shape index (κ2) is 2.85. The molecule has 0 aromatic carbocycles. The molecule has 0 fully saturated rings. The van der Waals surface area contributed by atoms with Crippen LogP contribution in [-0.4, -0.2) is 6.17 Å². The third-order valence-corrected chi connectivity index (χ3v) is 0.478. The third-order valence-electron chi connectivity index (χ3n) is 0.352. The molecule has 0 saturated heterocycles. The first-order valence-electron chi connectivity index (χ1n) is 1.77. The van der Waals surface area contributed by atoms with Gasteiger partial charge in [0.2, 0.25) is 0 Å². The van der Waals surface area contributed by atoms with Gasteiger partial charge in [-0.25, -0.2) is 0 Å². The fourth-order valence-electron chi connectivity index (χ4n) is 0.184. The molecule has 6 N–H and O–H groups in total. The van der Waals surface area contributed by atoms with E-state index in [4.69, 9.17) is 28.8 Å². The summed E-state index contributed by atoms with van der Waals surface area (Å²) in [5.74, 6) is 0. The zero-order chi connectivity index (χ0) is 5.86. The minimum Gasteiger partial charge on any atom is -0.390 e. The Morgan fingerprint density at radius 3 is 2.00 bits per heavy atom. The van der Waals surface area contributed by atoms with Crippen molar-refractivity contribution in [1.82, 2.24) is 0 Å². The van der Waals surface area contributed by atoms with Crippen molar-refractivity contribution >= 4 is 11.6 Å². The first kappa shape index (κ1) is 6.75. The van der Waals surface area contributed by atoms with Gasteiger partial charge >= 0.3 is 0 Å². The van der Waals surface area contributed by atoms with Crippen LogP contribution in [0.4, 0.5) is 0 Å². The van der Waals surface area contributed by atoms with Crippen molar-refractivity contribution in [2.75, 3.05) is 0 Å². The SMILES string of the molecule is N/C(Cl)=C\C(N)N. The summed E-state index contributed by atoms with van der Waals surface area (Å²) in [6.45, 7) is 0. The summed E-state index contributed by atoms with van der Waals surface area (Å²) < 4.78 is 0.